The van der Waals surface area contributed by atoms with Gasteiger partial charge < -0.3 is 14.5 Å². The zero-order valence-electron chi connectivity index (χ0n) is 15.6. The molecule has 0 aliphatic carbocycles. The Kier molecular flexibility index (Phi) is 5.63. The quantitative estimate of drug-likeness (QED) is 0.794. The van der Waals surface area contributed by atoms with E-state index in [-0.39, 0.29) is 12.2 Å². The normalized spacial score (nSPS) is 21.2. The summed E-state index contributed by atoms with van der Waals surface area (Å²) in [6, 6.07) is 8.33. The third-order valence-electron chi connectivity index (χ3n) is 4.63. The van der Waals surface area contributed by atoms with E-state index in [1.807, 2.05) is 13.0 Å². The van der Waals surface area contributed by atoms with Crippen LogP contribution in [0.2, 0.25) is 0 Å². The van der Waals surface area contributed by atoms with Gasteiger partial charge in [-0.2, -0.15) is 0 Å². The van der Waals surface area contributed by atoms with Gasteiger partial charge in [0.15, 0.2) is 0 Å². The van der Waals surface area contributed by atoms with E-state index in [4.69, 9.17) is 9.57 Å². The fraction of sp³-hybridized carbons (Fsp3) is 0.550. The van der Waals surface area contributed by atoms with Crippen molar-refractivity contribution in [3.8, 4) is 5.75 Å². The van der Waals surface area contributed by atoms with Crippen molar-refractivity contribution in [2.24, 2.45) is 5.16 Å². The van der Waals surface area contributed by atoms with Crippen LogP contribution in [0.3, 0.4) is 0 Å². The van der Waals surface area contributed by atoms with Crippen LogP contribution < -0.4 is 9.64 Å². The predicted octanol–water partition coefficient (Wildman–Crippen LogP) is 3.32. The Morgan fingerprint density at radius 2 is 2.00 bits per heavy atom. The molecule has 1 atom stereocenters. The Morgan fingerprint density at radius 3 is 2.64 bits per heavy atom. The molecule has 5 nitrogen and oxygen atoms in total. The molecular formula is C20H29N3O2. The van der Waals surface area contributed by atoms with Gasteiger partial charge >= 0.3 is 0 Å². The average molecular weight is 343 g/mol. The first kappa shape index (κ1) is 17.8. The molecule has 0 spiro atoms. The minimum atomic E-state index is 0.162. The molecule has 2 heterocycles. The zero-order chi connectivity index (χ0) is 17.8. The molecule has 1 aromatic rings. The van der Waals surface area contributed by atoms with Crippen molar-refractivity contribution in [1.29, 1.82) is 0 Å². The lowest BCUT2D eigenvalue weighted by Crippen LogP contribution is -2.48. The minimum absolute atomic E-state index is 0.162. The third kappa shape index (κ3) is 4.54. The number of nitrogens with zero attached hydrogens (tertiary/aromatic N) is 3. The number of para-hydroxylation sites is 2. The van der Waals surface area contributed by atoms with Gasteiger partial charge in [0.25, 0.3) is 0 Å². The van der Waals surface area contributed by atoms with E-state index < -0.39 is 0 Å². The van der Waals surface area contributed by atoms with Gasteiger partial charge in [-0.25, -0.2) is 0 Å². The van der Waals surface area contributed by atoms with Gasteiger partial charge in [0, 0.05) is 39.1 Å². The van der Waals surface area contributed by atoms with E-state index in [1.165, 1.54) is 5.69 Å². The number of piperazine rings is 1. The second kappa shape index (κ2) is 7.91. The van der Waals surface area contributed by atoms with Crippen molar-refractivity contribution in [3.63, 3.8) is 0 Å². The van der Waals surface area contributed by atoms with E-state index in [0.717, 1.165) is 56.2 Å². The van der Waals surface area contributed by atoms with Gasteiger partial charge in [0.1, 0.15) is 11.9 Å². The van der Waals surface area contributed by atoms with E-state index in [9.17, 15) is 0 Å². The average Bonchev–Trinajstić information content (AvgIpc) is 3.04. The summed E-state index contributed by atoms with van der Waals surface area (Å²) in [6.07, 6.45) is 1.22. The fourth-order valence-corrected chi connectivity index (χ4v) is 3.31. The van der Waals surface area contributed by atoms with Crippen molar-refractivity contribution >= 4 is 11.4 Å². The molecule has 1 saturated heterocycles. The predicted molar refractivity (Wildman–Crippen MR) is 103 cm³/mol. The molecule has 0 N–H and O–H groups in total. The number of hydrogen-bond acceptors (Lipinski definition) is 5. The van der Waals surface area contributed by atoms with Gasteiger partial charge in [0.2, 0.25) is 0 Å². The molecule has 136 valence electrons. The van der Waals surface area contributed by atoms with Crippen LogP contribution in [0.15, 0.2) is 41.6 Å². The topological polar surface area (TPSA) is 37.3 Å². The molecule has 2 aliphatic rings. The summed E-state index contributed by atoms with van der Waals surface area (Å²) in [5, 5.41) is 4.15. The molecule has 0 bridgehead atoms. The van der Waals surface area contributed by atoms with Gasteiger partial charge in [-0.15, -0.1) is 0 Å². The van der Waals surface area contributed by atoms with Crippen LogP contribution in [0.1, 0.15) is 27.2 Å². The van der Waals surface area contributed by atoms with E-state index in [2.05, 4.69) is 53.6 Å². The maximum Gasteiger partial charge on any atom is 0.145 e. The van der Waals surface area contributed by atoms with E-state index in [0.29, 0.717) is 0 Å². The first-order valence-corrected chi connectivity index (χ1v) is 9.14. The SMILES string of the molecule is C=C(C)C1=NO[C@@H](CN2CCN(c3ccccc3OC(C)C)CC2)C1. The van der Waals surface area contributed by atoms with Crippen molar-refractivity contribution in [2.75, 3.05) is 37.6 Å². The van der Waals surface area contributed by atoms with Gasteiger partial charge in [-0.3, -0.25) is 4.90 Å². The second-order valence-electron chi connectivity index (χ2n) is 7.17. The summed E-state index contributed by atoms with van der Waals surface area (Å²) in [4.78, 5) is 10.4. The van der Waals surface area contributed by atoms with Crippen LogP contribution >= 0.6 is 0 Å². The molecule has 0 saturated carbocycles. The Morgan fingerprint density at radius 1 is 1.28 bits per heavy atom. The summed E-state index contributed by atoms with van der Waals surface area (Å²) in [5.41, 5.74) is 3.21. The zero-order valence-corrected chi connectivity index (χ0v) is 15.6. The highest BCUT2D eigenvalue weighted by Gasteiger charge is 2.26. The summed E-state index contributed by atoms with van der Waals surface area (Å²) >= 11 is 0. The third-order valence-corrected chi connectivity index (χ3v) is 4.63. The molecule has 2 aliphatic heterocycles. The van der Waals surface area contributed by atoms with Crippen molar-refractivity contribution < 1.29 is 9.57 Å². The summed E-state index contributed by atoms with van der Waals surface area (Å²) in [7, 11) is 0. The lowest BCUT2D eigenvalue weighted by molar-refractivity contribution is 0.0510. The second-order valence-corrected chi connectivity index (χ2v) is 7.17. The molecule has 25 heavy (non-hydrogen) atoms. The highest BCUT2D eigenvalue weighted by Crippen LogP contribution is 2.29. The summed E-state index contributed by atoms with van der Waals surface area (Å²) in [6.45, 7) is 15.0. The first-order chi connectivity index (χ1) is 12.0. The summed E-state index contributed by atoms with van der Waals surface area (Å²) < 4.78 is 5.97. The molecule has 1 aromatic carbocycles. The van der Waals surface area contributed by atoms with Crippen LogP contribution in [-0.4, -0.2) is 55.5 Å². The molecule has 0 unspecified atom stereocenters. The van der Waals surface area contributed by atoms with Gasteiger partial charge in [-0.05, 0) is 38.5 Å². The monoisotopic (exact) mass is 343 g/mol. The first-order valence-electron chi connectivity index (χ1n) is 9.14. The largest absolute Gasteiger partial charge is 0.489 e. The lowest BCUT2D eigenvalue weighted by atomic mass is 10.1. The molecule has 0 aromatic heterocycles. The number of rotatable bonds is 6. The van der Waals surface area contributed by atoms with Crippen LogP contribution in [0.4, 0.5) is 5.69 Å². The molecule has 1 fully saturated rings. The Labute approximate surface area is 150 Å². The highest BCUT2D eigenvalue weighted by molar-refractivity contribution is 5.99. The Balaban J connectivity index is 1.52. The van der Waals surface area contributed by atoms with Crippen LogP contribution in [0, 0.1) is 0 Å². The smallest absolute Gasteiger partial charge is 0.145 e. The maximum atomic E-state index is 5.97. The molecule has 0 radical (unpaired) electrons. The van der Waals surface area contributed by atoms with E-state index >= 15 is 0 Å². The number of benzene rings is 1. The Bertz CT molecular complexity index is 634. The minimum Gasteiger partial charge on any atom is -0.489 e. The number of anilines is 1. The summed E-state index contributed by atoms with van der Waals surface area (Å²) in [5.74, 6) is 0.976. The van der Waals surface area contributed by atoms with Crippen molar-refractivity contribution in [1.82, 2.24) is 4.90 Å². The molecule has 3 rings (SSSR count). The fourth-order valence-electron chi connectivity index (χ4n) is 3.31. The van der Waals surface area contributed by atoms with Crippen LogP contribution in [-0.2, 0) is 4.84 Å². The number of oxime groups is 1. The van der Waals surface area contributed by atoms with Crippen LogP contribution in [0.5, 0.6) is 5.75 Å². The van der Waals surface area contributed by atoms with E-state index in [1.54, 1.807) is 0 Å². The number of ether oxygens (including phenoxy) is 1. The van der Waals surface area contributed by atoms with Crippen LogP contribution in [0.25, 0.3) is 0 Å². The highest BCUT2D eigenvalue weighted by atomic mass is 16.6. The number of allylic oxidation sites excluding steroid dienone is 1. The van der Waals surface area contributed by atoms with Gasteiger partial charge in [0.05, 0.1) is 17.5 Å². The molecule has 5 heteroatoms. The van der Waals surface area contributed by atoms with Crippen molar-refractivity contribution in [2.45, 2.75) is 39.4 Å². The lowest BCUT2D eigenvalue weighted by Gasteiger charge is -2.37. The molecular weight excluding hydrogens is 314 g/mol. The standard InChI is InChI=1S/C20H29N3O2/c1-15(2)18-13-17(25-21-18)14-22-9-11-23(12-10-22)19-7-5-6-8-20(19)24-16(3)4/h5-8,16-17H,1,9-14H2,2-4H3/t17-/m1/s1. The maximum absolute atomic E-state index is 5.97. The molecule has 0 amide bonds. The Hall–Kier alpha value is -2.01. The van der Waals surface area contributed by atoms with Crippen molar-refractivity contribution in [3.05, 3.63) is 36.4 Å². The van der Waals surface area contributed by atoms with Gasteiger partial charge in [-0.1, -0.05) is 23.9 Å². The number of hydrogen-bond donors (Lipinski definition) is 0.